The highest BCUT2D eigenvalue weighted by Crippen LogP contribution is 2.18. The van der Waals surface area contributed by atoms with Crippen molar-refractivity contribution in [2.75, 3.05) is 27.1 Å². The Hall–Kier alpha value is -0.343. The predicted molar refractivity (Wildman–Crippen MR) is 70.1 cm³/mol. The molecule has 0 aliphatic rings. The molecule has 0 aliphatic heterocycles. The molecule has 0 rings (SSSR count). The summed E-state index contributed by atoms with van der Waals surface area (Å²) in [4.78, 5) is 10.5. The molecule has 0 unspecified atom stereocenters. The fourth-order valence-electron chi connectivity index (χ4n) is 1.16. The number of aliphatic carboxylic acids is 1. The molecule has 0 atom stereocenters. The largest absolute Gasteiger partial charge is 0.500 e. The van der Waals surface area contributed by atoms with Crippen LogP contribution in [-0.2, 0) is 18.1 Å². The van der Waals surface area contributed by atoms with Crippen molar-refractivity contribution in [1.82, 2.24) is 0 Å². The van der Waals surface area contributed by atoms with Crippen LogP contribution in [0.15, 0.2) is 11.0 Å². The highest BCUT2D eigenvalue weighted by atomic mass is 32.2. The van der Waals surface area contributed by atoms with Crippen molar-refractivity contribution in [3.8, 4) is 0 Å². The van der Waals surface area contributed by atoms with Crippen molar-refractivity contribution in [1.29, 1.82) is 0 Å². The second-order valence-corrected chi connectivity index (χ2v) is 7.44. The van der Waals surface area contributed by atoms with Crippen LogP contribution in [0.4, 0.5) is 0 Å². The number of rotatable bonds is 9. The Morgan fingerprint density at radius 1 is 1.29 bits per heavy atom. The number of carboxylic acids is 1. The molecule has 100 valence electrons. The quantitative estimate of drug-likeness (QED) is 0.396. The molecule has 0 aliphatic carbocycles. The lowest BCUT2D eigenvalue weighted by Crippen LogP contribution is -2.42. The molecule has 0 heterocycles. The smallest absolute Gasteiger partial charge is 0.478 e. The van der Waals surface area contributed by atoms with E-state index < -0.39 is 14.8 Å². The van der Waals surface area contributed by atoms with Crippen LogP contribution >= 0.6 is 11.8 Å². The molecule has 0 aromatic heterocycles. The molecule has 0 fully saturated rings. The molecule has 0 radical (unpaired) electrons. The minimum Gasteiger partial charge on any atom is -0.478 e. The normalized spacial score (nSPS) is 12.8. The maximum Gasteiger partial charge on any atom is 0.500 e. The van der Waals surface area contributed by atoms with E-state index in [-0.39, 0.29) is 0 Å². The van der Waals surface area contributed by atoms with Crippen LogP contribution in [0, 0.1) is 0 Å². The van der Waals surface area contributed by atoms with Gasteiger partial charge in [0.25, 0.3) is 0 Å². The Morgan fingerprint density at radius 3 is 2.24 bits per heavy atom. The van der Waals surface area contributed by atoms with Gasteiger partial charge in [-0.1, -0.05) is 0 Å². The summed E-state index contributed by atoms with van der Waals surface area (Å²) in [6.45, 7) is 1.58. The summed E-state index contributed by atoms with van der Waals surface area (Å²) in [6, 6.07) is 0.726. The Kier molecular flexibility index (Phi) is 8.53. The lowest BCUT2D eigenvalue weighted by molar-refractivity contribution is -0.132. The van der Waals surface area contributed by atoms with E-state index in [9.17, 15) is 4.79 Å². The SMILES string of the molecule is CO[Si](CCCSC=C(C)C(=O)O)(OC)OC. The minimum atomic E-state index is -2.47. The number of hydrogen-bond donors (Lipinski definition) is 1. The third kappa shape index (κ3) is 6.23. The summed E-state index contributed by atoms with van der Waals surface area (Å²) in [5, 5.41) is 10.3. The first kappa shape index (κ1) is 16.7. The Labute approximate surface area is 108 Å². The highest BCUT2D eigenvalue weighted by molar-refractivity contribution is 8.02. The van der Waals surface area contributed by atoms with Crippen LogP contribution in [0.1, 0.15) is 13.3 Å². The molecule has 5 nitrogen and oxygen atoms in total. The van der Waals surface area contributed by atoms with Gasteiger partial charge in [0.05, 0.1) is 0 Å². The van der Waals surface area contributed by atoms with E-state index in [4.69, 9.17) is 18.4 Å². The fourth-order valence-corrected chi connectivity index (χ4v) is 3.92. The molecule has 0 aromatic rings. The van der Waals surface area contributed by atoms with Gasteiger partial charge in [0.1, 0.15) is 0 Å². The number of carbonyl (C=O) groups is 1. The van der Waals surface area contributed by atoms with Gasteiger partial charge in [-0.05, 0) is 24.5 Å². The molecule has 0 spiro atoms. The first-order valence-corrected chi connectivity index (χ1v) is 8.16. The second kappa shape index (κ2) is 8.70. The van der Waals surface area contributed by atoms with Gasteiger partial charge in [-0.25, -0.2) is 4.79 Å². The monoisotopic (exact) mass is 280 g/mol. The summed E-state index contributed by atoms with van der Waals surface area (Å²) >= 11 is 1.47. The molecule has 0 saturated heterocycles. The summed E-state index contributed by atoms with van der Waals surface area (Å²) in [6.07, 6.45) is 0.857. The van der Waals surface area contributed by atoms with Gasteiger partial charge in [0.2, 0.25) is 0 Å². The topological polar surface area (TPSA) is 65.0 Å². The average molecular weight is 280 g/mol. The van der Waals surface area contributed by atoms with E-state index in [0.29, 0.717) is 5.57 Å². The van der Waals surface area contributed by atoms with Gasteiger partial charge in [-0.15, -0.1) is 11.8 Å². The van der Waals surface area contributed by atoms with Crippen LogP contribution in [0.5, 0.6) is 0 Å². The van der Waals surface area contributed by atoms with Crippen molar-refractivity contribution >= 4 is 26.5 Å². The van der Waals surface area contributed by atoms with E-state index in [1.165, 1.54) is 11.8 Å². The van der Waals surface area contributed by atoms with Gasteiger partial charge in [0, 0.05) is 32.9 Å². The molecule has 0 bridgehead atoms. The zero-order chi connectivity index (χ0) is 13.3. The standard InChI is InChI=1S/C10H20O5SSi/c1-9(10(11)12)8-16-6-5-7-17(13-2,14-3)15-4/h8H,5-7H2,1-4H3,(H,11,12). The lowest BCUT2D eigenvalue weighted by Gasteiger charge is -2.23. The summed E-state index contributed by atoms with van der Waals surface area (Å²) in [5.41, 5.74) is 0.351. The molecule has 0 amide bonds. The number of hydrogen-bond acceptors (Lipinski definition) is 5. The van der Waals surface area contributed by atoms with Crippen molar-refractivity contribution in [2.45, 2.75) is 19.4 Å². The molecule has 0 aromatic carbocycles. The first-order valence-electron chi connectivity index (χ1n) is 5.18. The molecule has 17 heavy (non-hydrogen) atoms. The van der Waals surface area contributed by atoms with Gasteiger partial charge < -0.3 is 18.4 Å². The van der Waals surface area contributed by atoms with Crippen LogP contribution in [0.2, 0.25) is 6.04 Å². The molecular formula is C10H20O5SSi. The van der Waals surface area contributed by atoms with Gasteiger partial charge in [-0.2, -0.15) is 0 Å². The van der Waals surface area contributed by atoms with E-state index in [2.05, 4.69) is 0 Å². The van der Waals surface area contributed by atoms with Crippen LogP contribution < -0.4 is 0 Å². The molecule has 0 saturated carbocycles. The third-order valence-corrected chi connectivity index (χ3v) is 6.15. The number of carboxylic acid groups (broad SMARTS) is 1. The Morgan fingerprint density at radius 2 is 1.82 bits per heavy atom. The van der Waals surface area contributed by atoms with E-state index in [1.54, 1.807) is 33.7 Å². The van der Waals surface area contributed by atoms with E-state index in [0.717, 1.165) is 18.2 Å². The van der Waals surface area contributed by atoms with Crippen molar-refractivity contribution in [3.63, 3.8) is 0 Å². The van der Waals surface area contributed by atoms with Crippen LogP contribution in [-0.4, -0.2) is 47.0 Å². The molecule has 7 heteroatoms. The summed E-state index contributed by atoms with van der Waals surface area (Å²) in [5.74, 6) is -0.0676. The zero-order valence-electron chi connectivity index (χ0n) is 10.7. The van der Waals surface area contributed by atoms with Gasteiger partial charge >= 0.3 is 14.8 Å². The van der Waals surface area contributed by atoms with E-state index in [1.807, 2.05) is 0 Å². The Balaban J connectivity index is 3.91. The summed E-state index contributed by atoms with van der Waals surface area (Å²) in [7, 11) is 2.29. The second-order valence-electron chi connectivity index (χ2n) is 3.38. The van der Waals surface area contributed by atoms with Crippen molar-refractivity contribution < 1.29 is 23.2 Å². The third-order valence-electron chi connectivity index (χ3n) is 2.28. The maximum atomic E-state index is 10.5. The fraction of sp³-hybridized carbons (Fsp3) is 0.700. The average Bonchev–Trinajstić information content (AvgIpc) is 2.34. The molecule has 1 N–H and O–H groups in total. The number of thioether (sulfide) groups is 1. The van der Waals surface area contributed by atoms with E-state index >= 15 is 0 Å². The molecular weight excluding hydrogens is 260 g/mol. The highest BCUT2D eigenvalue weighted by Gasteiger charge is 2.36. The minimum absolute atomic E-state index is 0.351. The van der Waals surface area contributed by atoms with Crippen LogP contribution in [0.3, 0.4) is 0 Å². The summed E-state index contributed by atoms with van der Waals surface area (Å²) < 4.78 is 15.8. The van der Waals surface area contributed by atoms with Gasteiger partial charge in [0.15, 0.2) is 0 Å². The van der Waals surface area contributed by atoms with Gasteiger partial charge in [-0.3, -0.25) is 0 Å². The van der Waals surface area contributed by atoms with Crippen LogP contribution in [0.25, 0.3) is 0 Å². The zero-order valence-corrected chi connectivity index (χ0v) is 12.5. The van der Waals surface area contributed by atoms with Crippen molar-refractivity contribution in [3.05, 3.63) is 11.0 Å². The Bertz CT molecular complexity index is 257. The lowest BCUT2D eigenvalue weighted by atomic mass is 10.4. The van der Waals surface area contributed by atoms with Crippen molar-refractivity contribution in [2.24, 2.45) is 0 Å². The first-order chi connectivity index (χ1) is 8.01. The predicted octanol–water partition coefficient (Wildman–Crippen LogP) is 1.98. The maximum absolute atomic E-state index is 10.5.